The van der Waals surface area contributed by atoms with Crippen molar-refractivity contribution >= 4 is 29.1 Å². The number of nitrogens with one attached hydrogen (secondary N) is 2. The maximum absolute atomic E-state index is 12.9. The van der Waals surface area contributed by atoms with Crippen LogP contribution in [0.1, 0.15) is 17.3 Å². The molecular weight excluding hydrogens is 375 g/mol. The van der Waals surface area contributed by atoms with Crippen LogP contribution in [-0.4, -0.2) is 60.2 Å². The Morgan fingerprint density at radius 2 is 1.41 bits per heavy atom. The third-order valence-electron chi connectivity index (χ3n) is 4.61. The molecule has 0 unspecified atom stereocenters. The van der Waals surface area contributed by atoms with Gasteiger partial charge in [0.1, 0.15) is 5.82 Å². The summed E-state index contributed by atoms with van der Waals surface area (Å²) >= 11 is 0. The number of amides is 3. The Kier molecular flexibility index (Phi) is 6.56. The molecule has 2 aromatic carbocycles. The van der Waals surface area contributed by atoms with Crippen molar-refractivity contribution in [2.75, 3.05) is 43.4 Å². The van der Waals surface area contributed by atoms with Crippen molar-refractivity contribution in [1.29, 1.82) is 0 Å². The third kappa shape index (κ3) is 5.86. The number of halogens is 1. The third-order valence-corrected chi connectivity index (χ3v) is 4.61. The van der Waals surface area contributed by atoms with Gasteiger partial charge in [-0.05, 0) is 48.5 Å². The van der Waals surface area contributed by atoms with E-state index in [0.29, 0.717) is 43.1 Å². The van der Waals surface area contributed by atoms with E-state index in [1.165, 1.54) is 31.2 Å². The van der Waals surface area contributed by atoms with Crippen molar-refractivity contribution in [2.45, 2.75) is 6.92 Å². The first kappa shape index (κ1) is 20.5. The highest BCUT2D eigenvalue weighted by Gasteiger charge is 2.23. The number of hydrogen-bond acceptors (Lipinski definition) is 4. The van der Waals surface area contributed by atoms with Crippen LogP contribution in [0.2, 0.25) is 0 Å². The van der Waals surface area contributed by atoms with Gasteiger partial charge in [-0.1, -0.05) is 0 Å². The molecular formula is C21H23FN4O3. The monoisotopic (exact) mass is 398 g/mol. The molecule has 29 heavy (non-hydrogen) atoms. The van der Waals surface area contributed by atoms with Crippen LogP contribution in [0, 0.1) is 5.82 Å². The van der Waals surface area contributed by atoms with E-state index in [0.717, 1.165) is 0 Å². The summed E-state index contributed by atoms with van der Waals surface area (Å²) in [6, 6.07) is 12.4. The molecule has 3 rings (SSSR count). The maximum Gasteiger partial charge on any atom is 0.253 e. The predicted octanol–water partition coefficient (Wildman–Crippen LogP) is 2.18. The van der Waals surface area contributed by atoms with Gasteiger partial charge in [0.2, 0.25) is 11.8 Å². The van der Waals surface area contributed by atoms with Gasteiger partial charge in [0.15, 0.2) is 0 Å². The van der Waals surface area contributed by atoms with E-state index in [1.807, 2.05) is 4.90 Å². The highest BCUT2D eigenvalue weighted by atomic mass is 19.1. The van der Waals surface area contributed by atoms with Gasteiger partial charge in [-0.2, -0.15) is 0 Å². The summed E-state index contributed by atoms with van der Waals surface area (Å²) in [6.45, 7) is 3.87. The van der Waals surface area contributed by atoms with E-state index in [4.69, 9.17) is 0 Å². The number of rotatable bonds is 5. The number of nitrogens with zero attached hydrogens (tertiary/aromatic N) is 2. The van der Waals surface area contributed by atoms with Crippen LogP contribution in [0.25, 0.3) is 0 Å². The second-order valence-electron chi connectivity index (χ2n) is 6.88. The maximum atomic E-state index is 12.9. The molecule has 8 heteroatoms. The van der Waals surface area contributed by atoms with Crippen molar-refractivity contribution in [1.82, 2.24) is 9.80 Å². The van der Waals surface area contributed by atoms with E-state index < -0.39 is 0 Å². The van der Waals surface area contributed by atoms with E-state index in [1.54, 1.807) is 29.2 Å². The van der Waals surface area contributed by atoms with Crippen LogP contribution < -0.4 is 10.6 Å². The molecule has 1 aliphatic rings. The molecule has 0 aromatic heterocycles. The van der Waals surface area contributed by atoms with Gasteiger partial charge >= 0.3 is 0 Å². The SMILES string of the molecule is CC(=O)Nc1ccc(C(=O)N2CCN(CC(=O)Nc3ccc(F)cc3)CC2)cc1. The molecule has 0 saturated carbocycles. The highest BCUT2D eigenvalue weighted by molar-refractivity contribution is 5.95. The van der Waals surface area contributed by atoms with E-state index >= 15 is 0 Å². The Labute approximate surface area is 168 Å². The first-order chi connectivity index (χ1) is 13.9. The van der Waals surface area contributed by atoms with Gasteiger partial charge in [0.25, 0.3) is 5.91 Å². The van der Waals surface area contributed by atoms with Gasteiger partial charge in [-0.25, -0.2) is 4.39 Å². The summed E-state index contributed by atoms with van der Waals surface area (Å²) < 4.78 is 12.9. The number of carbonyl (C=O) groups is 3. The van der Waals surface area contributed by atoms with Crippen LogP contribution in [0.5, 0.6) is 0 Å². The molecule has 3 amide bonds. The average molecular weight is 398 g/mol. The molecule has 1 heterocycles. The highest BCUT2D eigenvalue weighted by Crippen LogP contribution is 2.14. The summed E-state index contributed by atoms with van der Waals surface area (Å²) in [5.41, 5.74) is 1.75. The zero-order chi connectivity index (χ0) is 20.8. The van der Waals surface area contributed by atoms with Crippen LogP contribution in [0.3, 0.4) is 0 Å². The quantitative estimate of drug-likeness (QED) is 0.809. The van der Waals surface area contributed by atoms with Gasteiger partial charge in [-0.15, -0.1) is 0 Å². The van der Waals surface area contributed by atoms with E-state index in [9.17, 15) is 18.8 Å². The molecule has 0 spiro atoms. The lowest BCUT2D eigenvalue weighted by Crippen LogP contribution is -2.50. The van der Waals surface area contributed by atoms with Crippen LogP contribution >= 0.6 is 0 Å². The van der Waals surface area contributed by atoms with Crippen LogP contribution in [0.15, 0.2) is 48.5 Å². The van der Waals surface area contributed by atoms with Crippen LogP contribution in [0.4, 0.5) is 15.8 Å². The fourth-order valence-electron chi connectivity index (χ4n) is 3.13. The number of hydrogen-bond donors (Lipinski definition) is 2. The molecule has 2 N–H and O–H groups in total. The van der Waals surface area contributed by atoms with Crippen LogP contribution in [-0.2, 0) is 9.59 Å². The number of piperazine rings is 1. The fraction of sp³-hybridized carbons (Fsp3) is 0.286. The first-order valence-corrected chi connectivity index (χ1v) is 9.35. The Hall–Kier alpha value is -3.26. The summed E-state index contributed by atoms with van der Waals surface area (Å²) in [6.07, 6.45) is 0. The average Bonchev–Trinajstić information content (AvgIpc) is 2.70. The van der Waals surface area contributed by atoms with Gasteiger partial charge in [-0.3, -0.25) is 19.3 Å². The number of carbonyl (C=O) groups excluding carboxylic acids is 3. The molecule has 1 saturated heterocycles. The first-order valence-electron chi connectivity index (χ1n) is 9.35. The molecule has 152 valence electrons. The van der Waals surface area contributed by atoms with Crippen molar-refractivity contribution in [3.8, 4) is 0 Å². The fourth-order valence-corrected chi connectivity index (χ4v) is 3.13. The number of anilines is 2. The Morgan fingerprint density at radius 1 is 0.862 bits per heavy atom. The van der Waals surface area contributed by atoms with E-state index in [2.05, 4.69) is 10.6 Å². The lowest BCUT2D eigenvalue weighted by atomic mass is 10.1. The standard InChI is InChI=1S/C21H23FN4O3/c1-15(27)23-18-6-2-16(3-7-18)21(29)26-12-10-25(11-13-26)14-20(28)24-19-8-4-17(22)5-9-19/h2-9H,10-14H2,1H3,(H,23,27)(H,24,28). The normalized spacial score (nSPS) is 14.3. The minimum Gasteiger partial charge on any atom is -0.336 e. The van der Waals surface area contributed by atoms with E-state index in [-0.39, 0.29) is 30.1 Å². The molecule has 7 nitrogen and oxygen atoms in total. The predicted molar refractivity (Wildman–Crippen MR) is 108 cm³/mol. The molecule has 1 fully saturated rings. The summed E-state index contributed by atoms with van der Waals surface area (Å²) in [5, 5.41) is 5.40. The molecule has 1 aliphatic heterocycles. The smallest absolute Gasteiger partial charge is 0.253 e. The molecule has 0 aliphatic carbocycles. The van der Waals surface area contributed by atoms with Gasteiger partial charge in [0, 0.05) is 50.0 Å². The summed E-state index contributed by atoms with van der Waals surface area (Å²) in [7, 11) is 0. The largest absolute Gasteiger partial charge is 0.336 e. The topological polar surface area (TPSA) is 81.8 Å². The minimum atomic E-state index is -0.353. The van der Waals surface area contributed by atoms with Crippen molar-refractivity contribution in [3.63, 3.8) is 0 Å². The molecule has 0 radical (unpaired) electrons. The lowest BCUT2D eigenvalue weighted by Gasteiger charge is -2.34. The Bertz CT molecular complexity index is 876. The minimum absolute atomic E-state index is 0.0743. The summed E-state index contributed by atoms with van der Waals surface area (Å²) in [4.78, 5) is 39.6. The molecule has 2 aromatic rings. The zero-order valence-electron chi connectivity index (χ0n) is 16.2. The van der Waals surface area contributed by atoms with Crippen molar-refractivity contribution in [3.05, 3.63) is 59.9 Å². The van der Waals surface area contributed by atoms with Gasteiger partial charge in [0.05, 0.1) is 6.54 Å². The van der Waals surface area contributed by atoms with Gasteiger partial charge < -0.3 is 15.5 Å². The second-order valence-corrected chi connectivity index (χ2v) is 6.88. The lowest BCUT2D eigenvalue weighted by molar-refractivity contribution is -0.117. The zero-order valence-corrected chi connectivity index (χ0v) is 16.2. The second kappa shape index (κ2) is 9.29. The van der Waals surface area contributed by atoms with Crippen molar-refractivity contribution < 1.29 is 18.8 Å². The number of benzene rings is 2. The summed E-state index contributed by atoms with van der Waals surface area (Å²) in [5.74, 6) is -0.767. The van der Waals surface area contributed by atoms with Crippen molar-refractivity contribution in [2.24, 2.45) is 0 Å². The molecule has 0 atom stereocenters. The molecule has 0 bridgehead atoms. The Balaban J connectivity index is 1.47. The Morgan fingerprint density at radius 3 is 2.00 bits per heavy atom.